The third-order valence-electron chi connectivity index (χ3n) is 3.68. The topological polar surface area (TPSA) is 26.3 Å². The third kappa shape index (κ3) is 1.70. The van der Waals surface area contributed by atoms with Gasteiger partial charge in [0.25, 0.3) is 0 Å². The molecule has 2 heteroatoms. The molecule has 0 atom stereocenters. The molecule has 0 amide bonds. The fraction of sp³-hybridized carbons (Fsp3) is 0.750. The normalized spacial score (nSPS) is 35.4. The minimum Gasteiger partial charge on any atom is -0.456 e. The first-order valence-electron chi connectivity index (χ1n) is 5.50. The number of hydrogen-bond acceptors (Lipinski definition) is 2. The summed E-state index contributed by atoms with van der Waals surface area (Å²) in [6.45, 7) is 5.34. The molecule has 0 N–H and O–H groups in total. The van der Waals surface area contributed by atoms with E-state index in [1.165, 1.54) is 19.3 Å². The van der Waals surface area contributed by atoms with Crippen LogP contribution in [-0.4, -0.2) is 11.6 Å². The molecule has 0 spiro atoms. The first kappa shape index (κ1) is 9.75. The molecule has 3 saturated carbocycles. The Balaban J connectivity index is 2.01. The van der Waals surface area contributed by atoms with Crippen molar-refractivity contribution in [2.45, 2.75) is 51.0 Å². The summed E-state index contributed by atoms with van der Waals surface area (Å²) in [5.41, 5.74) is 0.400. The molecule has 3 rings (SSSR count). The van der Waals surface area contributed by atoms with Crippen molar-refractivity contribution in [2.24, 2.45) is 5.92 Å². The Hall–Kier alpha value is -0.790. The summed E-state index contributed by atoms with van der Waals surface area (Å²) in [6.07, 6.45) is 6.92. The molecule has 0 saturated heterocycles. The molecule has 2 nitrogen and oxygen atoms in total. The molecule has 0 aromatic heterocycles. The molecule has 14 heavy (non-hydrogen) atoms. The van der Waals surface area contributed by atoms with Crippen LogP contribution in [0.4, 0.5) is 0 Å². The fourth-order valence-electron chi connectivity index (χ4n) is 2.65. The predicted molar refractivity (Wildman–Crippen MR) is 54.8 cm³/mol. The lowest BCUT2D eigenvalue weighted by atomic mass is 9.68. The number of carbonyl (C=O) groups is 1. The van der Waals surface area contributed by atoms with E-state index in [1.807, 2.05) is 0 Å². The zero-order valence-electron chi connectivity index (χ0n) is 8.84. The molecular weight excluding hydrogens is 176 g/mol. The highest BCUT2D eigenvalue weighted by molar-refractivity contribution is 5.87. The second-order valence-corrected chi connectivity index (χ2v) is 4.83. The van der Waals surface area contributed by atoms with Crippen molar-refractivity contribution in [3.63, 3.8) is 0 Å². The number of esters is 1. The van der Waals surface area contributed by atoms with Crippen LogP contribution in [0, 0.1) is 5.92 Å². The summed E-state index contributed by atoms with van der Waals surface area (Å²) < 4.78 is 5.59. The van der Waals surface area contributed by atoms with Gasteiger partial charge in [0.15, 0.2) is 0 Å². The van der Waals surface area contributed by atoms with E-state index in [9.17, 15) is 4.79 Å². The smallest absolute Gasteiger partial charge is 0.333 e. The molecule has 0 heterocycles. The lowest BCUT2D eigenvalue weighted by molar-refractivity contribution is -0.165. The maximum absolute atomic E-state index is 11.5. The Morgan fingerprint density at radius 3 is 2.21 bits per heavy atom. The Morgan fingerprint density at radius 2 is 1.79 bits per heavy atom. The zero-order valence-corrected chi connectivity index (χ0v) is 8.84. The van der Waals surface area contributed by atoms with Gasteiger partial charge in [-0.15, -0.1) is 0 Å². The highest BCUT2D eigenvalue weighted by Crippen LogP contribution is 2.46. The summed E-state index contributed by atoms with van der Waals surface area (Å²) in [5, 5.41) is 0. The number of hydrogen-bond donors (Lipinski definition) is 0. The second-order valence-electron chi connectivity index (χ2n) is 4.83. The first-order valence-corrected chi connectivity index (χ1v) is 5.50. The average molecular weight is 194 g/mol. The van der Waals surface area contributed by atoms with E-state index in [2.05, 4.69) is 6.58 Å². The summed E-state index contributed by atoms with van der Waals surface area (Å²) in [6, 6.07) is 0. The Labute approximate surface area is 85.3 Å². The van der Waals surface area contributed by atoms with Gasteiger partial charge in [-0.05, 0) is 51.4 Å². The van der Waals surface area contributed by atoms with Gasteiger partial charge in [-0.2, -0.15) is 0 Å². The largest absolute Gasteiger partial charge is 0.456 e. The summed E-state index contributed by atoms with van der Waals surface area (Å²) in [7, 11) is 0. The summed E-state index contributed by atoms with van der Waals surface area (Å²) >= 11 is 0. The van der Waals surface area contributed by atoms with Crippen LogP contribution in [0.3, 0.4) is 0 Å². The van der Waals surface area contributed by atoms with Gasteiger partial charge in [-0.3, -0.25) is 0 Å². The monoisotopic (exact) mass is 194 g/mol. The standard InChI is InChI=1S/C12H18O2/c1-9(2)11(13)14-12-6-3-10(4-7-12)5-8-12/h10H,1,3-8H2,2H3. The lowest BCUT2D eigenvalue weighted by Crippen LogP contribution is -2.43. The molecule has 0 unspecified atom stereocenters. The van der Waals surface area contributed by atoms with Crippen LogP contribution in [0.15, 0.2) is 12.2 Å². The maximum atomic E-state index is 11.5. The van der Waals surface area contributed by atoms with Crippen molar-refractivity contribution in [1.82, 2.24) is 0 Å². The van der Waals surface area contributed by atoms with Gasteiger partial charge in [-0.1, -0.05) is 6.58 Å². The Bertz CT molecular complexity index is 246. The van der Waals surface area contributed by atoms with Gasteiger partial charge in [0.05, 0.1) is 0 Å². The van der Waals surface area contributed by atoms with Crippen LogP contribution in [0.2, 0.25) is 0 Å². The predicted octanol–water partition coefficient (Wildman–Crippen LogP) is 2.83. The third-order valence-corrected chi connectivity index (χ3v) is 3.68. The maximum Gasteiger partial charge on any atom is 0.333 e. The van der Waals surface area contributed by atoms with E-state index in [-0.39, 0.29) is 11.6 Å². The Morgan fingerprint density at radius 1 is 1.29 bits per heavy atom. The van der Waals surface area contributed by atoms with Gasteiger partial charge in [-0.25, -0.2) is 4.79 Å². The van der Waals surface area contributed by atoms with Crippen LogP contribution in [0.5, 0.6) is 0 Å². The van der Waals surface area contributed by atoms with Gasteiger partial charge >= 0.3 is 5.97 Å². The van der Waals surface area contributed by atoms with E-state index >= 15 is 0 Å². The lowest BCUT2D eigenvalue weighted by Gasteiger charge is -2.45. The highest BCUT2D eigenvalue weighted by atomic mass is 16.6. The quantitative estimate of drug-likeness (QED) is 0.499. The van der Waals surface area contributed by atoms with Crippen LogP contribution in [0.25, 0.3) is 0 Å². The van der Waals surface area contributed by atoms with Gasteiger partial charge in [0.1, 0.15) is 5.60 Å². The SMILES string of the molecule is C=C(C)C(=O)OC12CCC(CC1)CC2. The van der Waals surface area contributed by atoms with Crippen LogP contribution in [-0.2, 0) is 9.53 Å². The Kier molecular flexibility index (Phi) is 2.38. The van der Waals surface area contributed by atoms with Crippen molar-refractivity contribution in [2.75, 3.05) is 0 Å². The summed E-state index contributed by atoms with van der Waals surface area (Å²) in [4.78, 5) is 11.5. The van der Waals surface area contributed by atoms with Crippen molar-refractivity contribution >= 4 is 5.97 Å². The van der Waals surface area contributed by atoms with Crippen molar-refractivity contribution < 1.29 is 9.53 Å². The molecule has 0 aliphatic heterocycles. The molecule has 0 aromatic rings. The molecule has 0 aromatic carbocycles. The van der Waals surface area contributed by atoms with Crippen LogP contribution < -0.4 is 0 Å². The van der Waals surface area contributed by atoms with E-state index < -0.39 is 0 Å². The van der Waals surface area contributed by atoms with Crippen LogP contribution in [0.1, 0.15) is 45.4 Å². The van der Waals surface area contributed by atoms with E-state index in [0.717, 1.165) is 25.2 Å². The minimum absolute atomic E-state index is 0.120. The average Bonchev–Trinajstić information content (AvgIpc) is 2.19. The second kappa shape index (κ2) is 3.41. The van der Waals surface area contributed by atoms with Crippen molar-refractivity contribution in [1.29, 1.82) is 0 Å². The molecular formula is C12H18O2. The van der Waals surface area contributed by atoms with Gasteiger partial charge in [0, 0.05) is 5.57 Å². The van der Waals surface area contributed by atoms with E-state index in [1.54, 1.807) is 6.92 Å². The summed E-state index contributed by atoms with van der Waals surface area (Å²) in [5.74, 6) is 0.700. The van der Waals surface area contributed by atoms with Crippen molar-refractivity contribution in [3.05, 3.63) is 12.2 Å². The van der Waals surface area contributed by atoms with E-state index in [0.29, 0.717) is 5.57 Å². The van der Waals surface area contributed by atoms with Gasteiger partial charge < -0.3 is 4.74 Å². The zero-order chi connectivity index (χ0) is 10.2. The molecule has 3 fully saturated rings. The molecule has 3 aliphatic carbocycles. The number of fused-ring (bicyclic) bond motifs is 3. The van der Waals surface area contributed by atoms with Crippen LogP contribution >= 0.6 is 0 Å². The molecule has 2 bridgehead atoms. The molecule has 3 aliphatic rings. The first-order chi connectivity index (χ1) is 6.61. The minimum atomic E-state index is -0.203. The number of rotatable bonds is 2. The van der Waals surface area contributed by atoms with Crippen molar-refractivity contribution in [3.8, 4) is 0 Å². The number of carbonyl (C=O) groups excluding carboxylic acids is 1. The number of ether oxygens (including phenoxy) is 1. The molecule has 0 radical (unpaired) electrons. The van der Waals surface area contributed by atoms with E-state index in [4.69, 9.17) is 4.74 Å². The molecule has 78 valence electrons. The van der Waals surface area contributed by atoms with Gasteiger partial charge in [0.2, 0.25) is 0 Å². The fourth-order valence-corrected chi connectivity index (χ4v) is 2.65. The highest BCUT2D eigenvalue weighted by Gasteiger charge is 2.43.